The molecule has 1 aliphatic heterocycles. The van der Waals surface area contributed by atoms with Gasteiger partial charge in [-0.25, -0.2) is 4.39 Å². The highest BCUT2D eigenvalue weighted by atomic mass is 35.5. The van der Waals surface area contributed by atoms with E-state index < -0.39 is 35.2 Å². The predicted molar refractivity (Wildman–Crippen MR) is 72.9 cm³/mol. The number of alkyl halides is 3. The Morgan fingerprint density at radius 2 is 2.00 bits per heavy atom. The van der Waals surface area contributed by atoms with Crippen molar-refractivity contribution in [3.8, 4) is 0 Å². The minimum atomic E-state index is -4.57. The van der Waals surface area contributed by atoms with Crippen LogP contribution in [0.15, 0.2) is 18.2 Å². The summed E-state index contributed by atoms with van der Waals surface area (Å²) in [7, 11) is 0. The first kappa shape index (κ1) is 17.7. The van der Waals surface area contributed by atoms with Crippen LogP contribution < -0.4 is 10.6 Å². The minimum absolute atomic E-state index is 0. The third-order valence-corrected chi connectivity index (χ3v) is 3.18. The second-order valence-electron chi connectivity index (χ2n) is 4.68. The first-order chi connectivity index (χ1) is 9.38. The zero-order chi connectivity index (χ0) is 14.8. The lowest BCUT2D eigenvalue weighted by Gasteiger charge is -2.22. The van der Waals surface area contributed by atoms with Gasteiger partial charge in [-0.3, -0.25) is 4.79 Å². The van der Waals surface area contributed by atoms with Gasteiger partial charge >= 0.3 is 6.18 Å². The van der Waals surface area contributed by atoms with E-state index in [0.717, 1.165) is 12.8 Å². The fraction of sp³-hybridized carbons (Fsp3) is 0.462. The number of anilines is 1. The average Bonchev–Trinajstić information content (AvgIpc) is 2.41. The maximum Gasteiger partial charge on any atom is 0.416 e. The predicted octanol–water partition coefficient (Wildman–Crippen LogP) is 3.35. The third kappa shape index (κ3) is 4.57. The lowest BCUT2D eigenvalue weighted by molar-refractivity contribution is -0.137. The molecular formula is C13H15ClF4N2O. The molecule has 0 aliphatic carbocycles. The molecule has 2 N–H and O–H groups in total. The molecule has 1 amide bonds. The van der Waals surface area contributed by atoms with Gasteiger partial charge in [0, 0.05) is 0 Å². The summed E-state index contributed by atoms with van der Waals surface area (Å²) in [6.45, 7) is 0.670. The number of nitrogens with one attached hydrogen (secondary N) is 2. The third-order valence-electron chi connectivity index (χ3n) is 3.18. The second-order valence-corrected chi connectivity index (χ2v) is 4.68. The van der Waals surface area contributed by atoms with Crippen LogP contribution in [-0.4, -0.2) is 18.5 Å². The number of rotatable bonds is 2. The molecule has 1 atom stereocenters. The van der Waals surface area contributed by atoms with Gasteiger partial charge in [0.25, 0.3) is 0 Å². The van der Waals surface area contributed by atoms with Crippen molar-refractivity contribution in [3.05, 3.63) is 29.6 Å². The summed E-state index contributed by atoms with van der Waals surface area (Å²) in [4.78, 5) is 11.9. The van der Waals surface area contributed by atoms with Crippen LogP contribution in [0.1, 0.15) is 24.8 Å². The van der Waals surface area contributed by atoms with Crippen LogP contribution in [0.2, 0.25) is 0 Å². The van der Waals surface area contributed by atoms with Gasteiger partial charge in [0.2, 0.25) is 5.91 Å². The van der Waals surface area contributed by atoms with E-state index in [0.29, 0.717) is 31.2 Å². The largest absolute Gasteiger partial charge is 0.416 e. The van der Waals surface area contributed by atoms with Gasteiger partial charge in [0.15, 0.2) is 0 Å². The smallest absolute Gasteiger partial charge is 0.322 e. The molecule has 1 unspecified atom stereocenters. The highest BCUT2D eigenvalue weighted by Crippen LogP contribution is 2.31. The maximum atomic E-state index is 13.5. The van der Waals surface area contributed by atoms with E-state index in [-0.39, 0.29) is 12.4 Å². The maximum absolute atomic E-state index is 13.5. The van der Waals surface area contributed by atoms with Crippen LogP contribution in [0.5, 0.6) is 0 Å². The molecule has 1 saturated heterocycles. The van der Waals surface area contributed by atoms with Crippen LogP contribution in [-0.2, 0) is 11.0 Å². The normalized spacial score (nSPS) is 18.8. The zero-order valence-electron chi connectivity index (χ0n) is 11.0. The van der Waals surface area contributed by atoms with Crippen molar-refractivity contribution in [3.63, 3.8) is 0 Å². The Labute approximate surface area is 125 Å². The number of carbonyl (C=O) groups excluding carboxylic acids is 1. The Morgan fingerprint density at radius 3 is 2.57 bits per heavy atom. The fourth-order valence-electron chi connectivity index (χ4n) is 2.09. The Morgan fingerprint density at radius 1 is 1.29 bits per heavy atom. The van der Waals surface area contributed by atoms with Crippen molar-refractivity contribution in [1.29, 1.82) is 0 Å². The topological polar surface area (TPSA) is 41.1 Å². The Balaban J connectivity index is 0.00000220. The molecule has 0 saturated carbocycles. The number of amides is 1. The highest BCUT2D eigenvalue weighted by molar-refractivity contribution is 5.95. The monoisotopic (exact) mass is 326 g/mol. The number of hydrogen-bond acceptors (Lipinski definition) is 2. The summed E-state index contributed by atoms with van der Waals surface area (Å²) in [5.74, 6) is -1.40. The van der Waals surface area contributed by atoms with E-state index in [1.54, 1.807) is 0 Å². The van der Waals surface area contributed by atoms with Crippen molar-refractivity contribution in [2.24, 2.45) is 0 Å². The summed E-state index contributed by atoms with van der Waals surface area (Å²) in [5, 5.41) is 5.16. The van der Waals surface area contributed by atoms with Crippen molar-refractivity contribution >= 4 is 24.0 Å². The van der Waals surface area contributed by atoms with Crippen LogP contribution in [0.4, 0.5) is 23.2 Å². The van der Waals surface area contributed by atoms with Gasteiger partial charge in [0.1, 0.15) is 5.82 Å². The Kier molecular flexibility index (Phi) is 5.98. The SMILES string of the molecule is Cl.O=C(Nc1cc(C(F)(F)F)ccc1F)C1CCCCN1. The van der Waals surface area contributed by atoms with Gasteiger partial charge < -0.3 is 10.6 Å². The first-order valence-corrected chi connectivity index (χ1v) is 6.29. The van der Waals surface area contributed by atoms with E-state index >= 15 is 0 Å². The van der Waals surface area contributed by atoms with Crippen LogP contribution >= 0.6 is 12.4 Å². The highest BCUT2D eigenvalue weighted by Gasteiger charge is 2.31. The molecule has 1 aromatic carbocycles. The van der Waals surface area contributed by atoms with E-state index in [2.05, 4.69) is 10.6 Å². The summed E-state index contributed by atoms with van der Waals surface area (Å²) in [6, 6.07) is 1.46. The van der Waals surface area contributed by atoms with Gasteiger partial charge in [-0.1, -0.05) is 6.42 Å². The van der Waals surface area contributed by atoms with E-state index in [4.69, 9.17) is 0 Å². The molecule has 1 aromatic rings. The fourth-order valence-corrected chi connectivity index (χ4v) is 2.09. The van der Waals surface area contributed by atoms with Gasteiger partial charge in [0.05, 0.1) is 17.3 Å². The van der Waals surface area contributed by atoms with E-state index in [1.807, 2.05) is 0 Å². The molecule has 8 heteroatoms. The zero-order valence-corrected chi connectivity index (χ0v) is 11.8. The number of halogens is 5. The number of carbonyl (C=O) groups is 1. The molecule has 1 heterocycles. The minimum Gasteiger partial charge on any atom is -0.322 e. The van der Waals surface area contributed by atoms with Gasteiger partial charge in [-0.05, 0) is 37.6 Å². The summed E-state index contributed by atoms with van der Waals surface area (Å²) >= 11 is 0. The molecular weight excluding hydrogens is 312 g/mol. The molecule has 0 radical (unpaired) electrons. The van der Waals surface area contributed by atoms with Gasteiger partial charge in [-0.2, -0.15) is 13.2 Å². The molecule has 0 bridgehead atoms. The molecule has 0 aromatic heterocycles. The van der Waals surface area contributed by atoms with E-state index in [9.17, 15) is 22.4 Å². The molecule has 1 fully saturated rings. The van der Waals surface area contributed by atoms with Crippen molar-refractivity contribution in [2.45, 2.75) is 31.5 Å². The molecule has 118 valence electrons. The molecule has 1 aliphatic rings. The first-order valence-electron chi connectivity index (χ1n) is 6.29. The standard InChI is InChI=1S/C13H14F4N2O.ClH/c14-9-5-4-8(13(15,16)17)7-11(9)19-12(20)10-3-1-2-6-18-10;/h4-5,7,10,18H,1-3,6H2,(H,19,20);1H. The Hall–Kier alpha value is -1.34. The summed E-state index contributed by atoms with van der Waals surface area (Å²) in [6.07, 6.45) is -2.18. The number of piperidine rings is 1. The molecule has 21 heavy (non-hydrogen) atoms. The van der Waals surface area contributed by atoms with Gasteiger partial charge in [-0.15, -0.1) is 12.4 Å². The second kappa shape index (κ2) is 7.09. The van der Waals surface area contributed by atoms with Crippen LogP contribution in [0, 0.1) is 5.82 Å². The van der Waals surface area contributed by atoms with Crippen LogP contribution in [0.25, 0.3) is 0 Å². The van der Waals surface area contributed by atoms with E-state index in [1.165, 1.54) is 0 Å². The molecule has 2 rings (SSSR count). The summed E-state index contributed by atoms with van der Waals surface area (Å²) < 4.78 is 51.1. The van der Waals surface area contributed by atoms with Crippen molar-refractivity contribution < 1.29 is 22.4 Å². The quantitative estimate of drug-likeness (QED) is 0.818. The molecule has 0 spiro atoms. The average molecular weight is 327 g/mol. The molecule has 3 nitrogen and oxygen atoms in total. The lowest BCUT2D eigenvalue weighted by atomic mass is 10.0. The number of hydrogen-bond donors (Lipinski definition) is 2. The Bertz CT molecular complexity index is 501. The van der Waals surface area contributed by atoms with Crippen LogP contribution in [0.3, 0.4) is 0 Å². The summed E-state index contributed by atoms with van der Waals surface area (Å²) in [5.41, 5.74) is -1.44. The lowest BCUT2D eigenvalue weighted by Crippen LogP contribution is -2.43. The van der Waals surface area contributed by atoms with Crippen molar-refractivity contribution in [2.75, 3.05) is 11.9 Å². The number of benzene rings is 1. The van der Waals surface area contributed by atoms with Crippen molar-refractivity contribution in [1.82, 2.24) is 5.32 Å².